The van der Waals surface area contributed by atoms with Crippen LogP contribution in [-0.4, -0.2) is 51.2 Å². The topological polar surface area (TPSA) is 70.7 Å². The van der Waals surface area contributed by atoms with Crippen molar-refractivity contribution in [2.75, 3.05) is 38.3 Å². The molecule has 2 N–H and O–H groups in total. The van der Waals surface area contributed by atoms with E-state index in [4.69, 9.17) is 4.74 Å². The first-order chi connectivity index (χ1) is 11.7. The molecule has 2 aliphatic rings. The van der Waals surface area contributed by atoms with Crippen molar-refractivity contribution in [3.8, 4) is 0 Å². The highest BCUT2D eigenvalue weighted by molar-refractivity contribution is 6.01. The fraction of sp³-hybridized carbons (Fsp3) is 0.556. The maximum atomic E-state index is 12.9. The molecule has 0 aliphatic carbocycles. The summed E-state index contributed by atoms with van der Waals surface area (Å²) in [6.45, 7) is 2.62. The molecular formula is C18H26ClN3O3. The number of para-hydroxylation sites is 1. The van der Waals surface area contributed by atoms with E-state index in [-0.39, 0.29) is 24.2 Å². The summed E-state index contributed by atoms with van der Waals surface area (Å²) < 4.78 is 5.30. The van der Waals surface area contributed by atoms with Crippen LogP contribution >= 0.6 is 12.4 Å². The lowest BCUT2D eigenvalue weighted by Gasteiger charge is -2.36. The summed E-state index contributed by atoms with van der Waals surface area (Å²) in [6, 6.07) is 9.15. The van der Waals surface area contributed by atoms with Gasteiger partial charge in [-0.15, -0.1) is 12.4 Å². The Morgan fingerprint density at radius 1 is 1.32 bits per heavy atom. The van der Waals surface area contributed by atoms with Crippen LogP contribution in [-0.2, 0) is 14.3 Å². The van der Waals surface area contributed by atoms with Gasteiger partial charge < -0.3 is 20.3 Å². The smallest absolute Gasteiger partial charge is 0.249 e. The van der Waals surface area contributed by atoms with Crippen LogP contribution in [0.2, 0.25) is 0 Å². The number of carbonyl (C=O) groups is 2. The van der Waals surface area contributed by atoms with Crippen molar-refractivity contribution < 1.29 is 14.3 Å². The van der Waals surface area contributed by atoms with Crippen molar-refractivity contribution in [1.82, 2.24) is 10.6 Å². The Hall–Kier alpha value is -1.63. The second-order valence-electron chi connectivity index (χ2n) is 6.60. The highest BCUT2D eigenvalue weighted by Crippen LogP contribution is 2.30. The van der Waals surface area contributed by atoms with Gasteiger partial charge in [0.1, 0.15) is 6.04 Å². The molecule has 2 saturated heterocycles. The number of benzene rings is 1. The van der Waals surface area contributed by atoms with Gasteiger partial charge >= 0.3 is 0 Å². The molecule has 1 aromatic rings. The maximum Gasteiger partial charge on any atom is 0.249 e. The molecule has 1 unspecified atom stereocenters. The summed E-state index contributed by atoms with van der Waals surface area (Å²) in [7, 11) is 1.62. The first-order valence-electron chi connectivity index (χ1n) is 8.53. The second kappa shape index (κ2) is 8.65. The van der Waals surface area contributed by atoms with Crippen LogP contribution in [0.3, 0.4) is 0 Å². The van der Waals surface area contributed by atoms with Gasteiger partial charge in [0.25, 0.3) is 0 Å². The lowest BCUT2D eigenvalue weighted by atomic mass is 9.78. The number of carbonyl (C=O) groups excluding carboxylic acids is 2. The maximum absolute atomic E-state index is 12.9. The third-order valence-electron chi connectivity index (χ3n) is 5.04. The van der Waals surface area contributed by atoms with Crippen molar-refractivity contribution in [1.29, 1.82) is 0 Å². The zero-order valence-electron chi connectivity index (χ0n) is 14.5. The Morgan fingerprint density at radius 2 is 2.00 bits per heavy atom. The molecule has 7 heteroatoms. The molecule has 0 saturated carbocycles. The third kappa shape index (κ3) is 4.14. The molecule has 2 amide bonds. The number of nitrogens with zero attached hydrogens (tertiary/aromatic N) is 1. The predicted molar refractivity (Wildman–Crippen MR) is 99.0 cm³/mol. The molecule has 1 atom stereocenters. The summed E-state index contributed by atoms with van der Waals surface area (Å²) >= 11 is 0. The molecule has 0 aromatic heterocycles. The number of nitrogens with one attached hydrogen (secondary N) is 2. The van der Waals surface area contributed by atoms with Gasteiger partial charge in [-0.3, -0.25) is 9.59 Å². The zero-order valence-corrected chi connectivity index (χ0v) is 15.3. The van der Waals surface area contributed by atoms with Gasteiger partial charge in [0.2, 0.25) is 11.8 Å². The van der Waals surface area contributed by atoms with E-state index in [2.05, 4.69) is 10.6 Å². The Labute approximate surface area is 154 Å². The van der Waals surface area contributed by atoms with Crippen LogP contribution in [0.15, 0.2) is 30.3 Å². The van der Waals surface area contributed by atoms with E-state index in [9.17, 15) is 9.59 Å². The van der Waals surface area contributed by atoms with E-state index >= 15 is 0 Å². The predicted octanol–water partition coefficient (Wildman–Crippen LogP) is 1.35. The molecule has 25 heavy (non-hydrogen) atoms. The van der Waals surface area contributed by atoms with Crippen molar-refractivity contribution in [3.63, 3.8) is 0 Å². The van der Waals surface area contributed by atoms with Gasteiger partial charge in [-0.25, -0.2) is 0 Å². The first-order valence-corrected chi connectivity index (χ1v) is 8.53. The number of anilines is 1. The number of methoxy groups -OCH3 is 1. The fourth-order valence-electron chi connectivity index (χ4n) is 3.61. The van der Waals surface area contributed by atoms with Gasteiger partial charge in [0.15, 0.2) is 0 Å². The van der Waals surface area contributed by atoms with E-state index in [1.54, 1.807) is 12.0 Å². The minimum atomic E-state index is -0.527. The minimum absolute atomic E-state index is 0. The van der Waals surface area contributed by atoms with Gasteiger partial charge in [-0.1, -0.05) is 18.2 Å². The molecule has 6 nitrogen and oxygen atoms in total. The summed E-state index contributed by atoms with van der Waals surface area (Å²) in [4.78, 5) is 27.3. The zero-order chi connectivity index (χ0) is 17.0. The van der Waals surface area contributed by atoms with Gasteiger partial charge in [0, 0.05) is 19.3 Å². The van der Waals surface area contributed by atoms with Crippen LogP contribution in [0.1, 0.15) is 19.3 Å². The average Bonchev–Trinajstić information content (AvgIpc) is 2.97. The van der Waals surface area contributed by atoms with Crippen LogP contribution in [0, 0.1) is 5.41 Å². The van der Waals surface area contributed by atoms with Crippen molar-refractivity contribution in [2.45, 2.75) is 25.3 Å². The van der Waals surface area contributed by atoms with Crippen molar-refractivity contribution in [3.05, 3.63) is 30.3 Å². The average molecular weight is 368 g/mol. The molecule has 0 radical (unpaired) electrons. The molecule has 2 aliphatic heterocycles. The number of ether oxygens (including phenoxy) is 1. The van der Waals surface area contributed by atoms with Gasteiger partial charge in [-0.2, -0.15) is 0 Å². The highest BCUT2D eigenvalue weighted by Gasteiger charge is 2.42. The quantitative estimate of drug-likeness (QED) is 0.824. The van der Waals surface area contributed by atoms with Gasteiger partial charge in [-0.05, 0) is 44.5 Å². The number of hydrogen-bond donors (Lipinski definition) is 2. The van der Waals surface area contributed by atoms with Crippen LogP contribution in [0.25, 0.3) is 0 Å². The normalized spacial score (nSPS) is 22.4. The Balaban J connectivity index is 0.00000225. The number of rotatable bonds is 5. The number of hydrogen-bond acceptors (Lipinski definition) is 4. The summed E-state index contributed by atoms with van der Waals surface area (Å²) in [5.41, 5.74) is 0.355. The first kappa shape index (κ1) is 19.7. The fourth-order valence-corrected chi connectivity index (χ4v) is 3.61. The van der Waals surface area contributed by atoms with Crippen molar-refractivity contribution >= 4 is 29.9 Å². The van der Waals surface area contributed by atoms with Crippen LogP contribution < -0.4 is 15.5 Å². The Kier molecular flexibility index (Phi) is 6.81. The van der Waals surface area contributed by atoms with E-state index in [0.29, 0.717) is 19.6 Å². The molecule has 1 aromatic carbocycles. The molecule has 0 bridgehead atoms. The highest BCUT2D eigenvalue weighted by atomic mass is 35.5. The van der Waals surface area contributed by atoms with Gasteiger partial charge in [0.05, 0.1) is 12.0 Å². The van der Waals surface area contributed by atoms with E-state index in [0.717, 1.165) is 31.6 Å². The van der Waals surface area contributed by atoms with Crippen LogP contribution in [0.4, 0.5) is 5.69 Å². The largest absolute Gasteiger partial charge is 0.384 e. The number of piperidine rings is 1. The Bertz CT molecular complexity index is 585. The lowest BCUT2D eigenvalue weighted by Crippen LogP contribution is -2.53. The van der Waals surface area contributed by atoms with Crippen molar-refractivity contribution in [2.24, 2.45) is 5.41 Å². The summed E-state index contributed by atoms with van der Waals surface area (Å²) in [5.74, 6) is -0.0878. The molecule has 138 valence electrons. The SMILES string of the molecule is COCC1(C(=O)NC2CCN(c3ccccc3)C2=O)CCNCC1.Cl. The lowest BCUT2D eigenvalue weighted by molar-refractivity contribution is -0.138. The third-order valence-corrected chi connectivity index (χ3v) is 5.04. The summed E-state index contributed by atoms with van der Waals surface area (Å²) in [5, 5.41) is 6.26. The summed E-state index contributed by atoms with van der Waals surface area (Å²) in [6.07, 6.45) is 2.10. The molecule has 2 heterocycles. The standard InChI is InChI=1S/C18H25N3O3.ClH/c1-24-13-18(8-10-19-11-9-18)17(23)20-15-7-12-21(16(15)22)14-5-3-2-4-6-14;/h2-6,15,19H,7-13H2,1H3,(H,20,23);1H. The Morgan fingerprint density at radius 3 is 2.64 bits per heavy atom. The van der Waals surface area contributed by atoms with E-state index in [1.807, 2.05) is 30.3 Å². The number of amides is 2. The molecule has 3 rings (SSSR count). The van der Waals surface area contributed by atoms with E-state index in [1.165, 1.54) is 0 Å². The monoisotopic (exact) mass is 367 g/mol. The molecular weight excluding hydrogens is 342 g/mol. The second-order valence-corrected chi connectivity index (χ2v) is 6.60. The molecule has 2 fully saturated rings. The molecule has 0 spiro atoms. The number of halogens is 1. The van der Waals surface area contributed by atoms with Crippen LogP contribution in [0.5, 0.6) is 0 Å². The van der Waals surface area contributed by atoms with E-state index < -0.39 is 11.5 Å². The minimum Gasteiger partial charge on any atom is -0.384 e.